The van der Waals surface area contributed by atoms with Gasteiger partial charge in [-0.2, -0.15) is 0 Å². The van der Waals surface area contributed by atoms with Gasteiger partial charge < -0.3 is 15.2 Å². The number of benzene rings is 2. The van der Waals surface area contributed by atoms with E-state index in [1.54, 1.807) is 7.11 Å². The van der Waals surface area contributed by atoms with Crippen molar-refractivity contribution in [2.45, 2.75) is 6.10 Å². The Balaban J connectivity index is 2.16. The van der Waals surface area contributed by atoms with Crippen LogP contribution in [0.2, 0.25) is 5.02 Å². The minimum atomic E-state index is -0.204. The summed E-state index contributed by atoms with van der Waals surface area (Å²) in [5, 5.41) is 0.695. The molecule has 2 aromatic carbocycles. The van der Waals surface area contributed by atoms with Gasteiger partial charge in [0.2, 0.25) is 0 Å². The van der Waals surface area contributed by atoms with Gasteiger partial charge in [-0.3, -0.25) is 0 Å². The van der Waals surface area contributed by atoms with Gasteiger partial charge in [0.05, 0.1) is 7.11 Å². The van der Waals surface area contributed by atoms with Gasteiger partial charge in [0.25, 0.3) is 0 Å². The van der Waals surface area contributed by atoms with E-state index in [0.29, 0.717) is 11.6 Å². The molecule has 0 bridgehead atoms. The van der Waals surface area contributed by atoms with Crippen molar-refractivity contribution in [3.8, 4) is 11.5 Å². The van der Waals surface area contributed by atoms with Crippen LogP contribution in [-0.4, -0.2) is 13.7 Å². The first-order valence-electron chi connectivity index (χ1n) is 5.99. The minimum absolute atomic E-state index is 0.204. The van der Waals surface area contributed by atoms with Crippen molar-refractivity contribution in [2.75, 3.05) is 13.7 Å². The summed E-state index contributed by atoms with van der Waals surface area (Å²) >= 11 is 5.87. The average molecular weight is 278 g/mol. The summed E-state index contributed by atoms with van der Waals surface area (Å²) < 4.78 is 11.0. The number of ether oxygens (including phenoxy) is 2. The normalized spacial score (nSPS) is 11.9. The van der Waals surface area contributed by atoms with Crippen molar-refractivity contribution >= 4 is 11.6 Å². The van der Waals surface area contributed by atoms with Crippen LogP contribution in [0.1, 0.15) is 11.7 Å². The van der Waals surface area contributed by atoms with E-state index in [0.717, 1.165) is 17.1 Å². The predicted molar refractivity (Wildman–Crippen MR) is 76.9 cm³/mol. The van der Waals surface area contributed by atoms with Crippen molar-refractivity contribution in [2.24, 2.45) is 5.73 Å². The Morgan fingerprint density at radius 3 is 2.42 bits per heavy atom. The maximum absolute atomic E-state index is 5.88. The number of nitrogens with two attached hydrogens (primary N) is 1. The van der Waals surface area contributed by atoms with Crippen LogP contribution in [0.5, 0.6) is 11.5 Å². The maximum atomic E-state index is 5.88. The molecule has 0 radical (unpaired) electrons. The first-order valence-corrected chi connectivity index (χ1v) is 6.37. The Morgan fingerprint density at radius 2 is 1.79 bits per heavy atom. The van der Waals surface area contributed by atoms with Gasteiger partial charge in [-0.05, 0) is 29.8 Å². The Kier molecular flexibility index (Phi) is 4.66. The van der Waals surface area contributed by atoms with Crippen LogP contribution in [0.25, 0.3) is 0 Å². The molecule has 2 aromatic rings. The molecule has 0 aromatic heterocycles. The number of halogens is 1. The van der Waals surface area contributed by atoms with Crippen molar-refractivity contribution in [1.82, 2.24) is 0 Å². The van der Waals surface area contributed by atoms with Crippen LogP contribution in [-0.2, 0) is 0 Å². The molecular formula is C15H16ClNO2. The van der Waals surface area contributed by atoms with Gasteiger partial charge in [-0.25, -0.2) is 0 Å². The molecule has 2 N–H and O–H groups in total. The quantitative estimate of drug-likeness (QED) is 0.911. The summed E-state index contributed by atoms with van der Waals surface area (Å²) in [5.41, 5.74) is 6.77. The fourth-order valence-corrected chi connectivity index (χ4v) is 1.89. The second-order valence-corrected chi connectivity index (χ2v) is 4.51. The summed E-state index contributed by atoms with van der Waals surface area (Å²) in [6.45, 7) is 0.388. The molecule has 0 aliphatic carbocycles. The van der Waals surface area contributed by atoms with Crippen LogP contribution in [0.3, 0.4) is 0 Å². The third-order valence-electron chi connectivity index (χ3n) is 2.78. The predicted octanol–water partition coefficient (Wildman–Crippen LogP) is 3.43. The molecule has 0 aliphatic heterocycles. The van der Waals surface area contributed by atoms with Gasteiger partial charge in [0, 0.05) is 17.6 Å². The van der Waals surface area contributed by atoms with Crippen molar-refractivity contribution in [3.63, 3.8) is 0 Å². The molecule has 3 nitrogen and oxygen atoms in total. The van der Waals surface area contributed by atoms with Crippen molar-refractivity contribution in [1.29, 1.82) is 0 Å². The van der Waals surface area contributed by atoms with Crippen molar-refractivity contribution < 1.29 is 9.47 Å². The van der Waals surface area contributed by atoms with Gasteiger partial charge in [-0.1, -0.05) is 29.8 Å². The van der Waals surface area contributed by atoms with Crippen LogP contribution < -0.4 is 15.2 Å². The molecule has 2 rings (SSSR count). The fourth-order valence-electron chi connectivity index (χ4n) is 1.77. The highest BCUT2D eigenvalue weighted by Crippen LogP contribution is 2.25. The Labute approximate surface area is 117 Å². The highest BCUT2D eigenvalue weighted by Gasteiger charge is 2.11. The second-order valence-electron chi connectivity index (χ2n) is 4.07. The van der Waals surface area contributed by atoms with Crippen molar-refractivity contribution in [3.05, 3.63) is 59.1 Å². The topological polar surface area (TPSA) is 44.5 Å². The zero-order chi connectivity index (χ0) is 13.7. The van der Waals surface area contributed by atoms with E-state index in [2.05, 4.69) is 0 Å². The third-order valence-corrected chi connectivity index (χ3v) is 3.03. The molecule has 0 aliphatic rings. The SMILES string of the molecule is COc1cccc(OC(CN)c2ccc(Cl)cc2)c1. The number of hydrogen-bond donors (Lipinski definition) is 1. The number of hydrogen-bond acceptors (Lipinski definition) is 3. The lowest BCUT2D eigenvalue weighted by atomic mass is 10.1. The highest BCUT2D eigenvalue weighted by atomic mass is 35.5. The first-order chi connectivity index (χ1) is 9.22. The molecule has 100 valence electrons. The second kappa shape index (κ2) is 6.45. The number of methoxy groups -OCH3 is 1. The molecule has 1 atom stereocenters. The van der Waals surface area contributed by atoms with Gasteiger partial charge in [0.15, 0.2) is 0 Å². The lowest BCUT2D eigenvalue weighted by molar-refractivity contribution is 0.213. The molecule has 4 heteroatoms. The standard InChI is InChI=1S/C15H16ClNO2/c1-18-13-3-2-4-14(9-13)19-15(10-17)11-5-7-12(16)8-6-11/h2-9,15H,10,17H2,1H3. The fraction of sp³-hybridized carbons (Fsp3) is 0.200. The van der Waals surface area contributed by atoms with E-state index in [-0.39, 0.29) is 6.10 Å². The zero-order valence-electron chi connectivity index (χ0n) is 10.7. The third kappa shape index (κ3) is 3.63. The molecule has 1 unspecified atom stereocenters. The summed E-state index contributed by atoms with van der Waals surface area (Å²) in [5.74, 6) is 1.48. The van der Waals surface area contributed by atoms with Crippen LogP contribution in [0, 0.1) is 0 Å². The molecular weight excluding hydrogens is 262 g/mol. The molecule has 19 heavy (non-hydrogen) atoms. The van der Waals surface area contributed by atoms with E-state index in [1.807, 2.05) is 48.5 Å². The summed E-state index contributed by atoms with van der Waals surface area (Å²) in [6, 6.07) is 14.9. The monoisotopic (exact) mass is 277 g/mol. The molecule has 0 fully saturated rings. The lowest BCUT2D eigenvalue weighted by Gasteiger charge is -2.18. The Morgan fingerprint density at radius 1 is 1.11 bits per heavy atom. The Bertz CT molecular complexity index is 528. The van der Waals surface area contributed by atoms with Gasteiger partial charge in [-0.15, -0.1) is 0 Å². The van der Waals surface area contributed by atoms with Crippen LogP contribution in [0.15, 0.2) is 48.5 Å². The Hall–Kier alpha value is -1.71. The molecule has 0 heterocycles. The molecule has 0 spiro atoms. The smallest absolute Gasteiger partial charge is 0.136 e. The summed E-state index contributed by atoms with van der Waals surface area (Å²) in [4.78, 5) is 0. The molecule has 0 saturated carbocycles. The van der Waals surface area contributed by atoms with E-state index < -0.39 is 0 Å². The summed E-state index contributed by atoms with van der Waals surface area (Å²) in [7, 11) is 1.62. The van der Waals surface area contributed by atoms with Gasteiger partial charge in [0.1, 0.15) is 17.6 Å². The number of rotatable bonds is 5. The van der Waals surface area contributed by atoms with E-state index in [4.69, 9.17) is 26.8 Å². The summed E-state index contributed by atoms with van der Waals surface area (Å²) in [6.07, 6.45) is -0.204. The lowest BCUT2D eigenvalue weighted by Crippen LogP contribution is -2.18. The van der Waals surface area contributed by atoms with E-state index in [1.165, 1.54) is 0 Å². The first kappa shape index (κ1) is 13.7. The van der Waals surface area contributed by atoms with Crippen LogP contribution >= 0.6 is 11.6 Å². The van der Waals surface area contributed by atoms with Crippen LogP contribution in [0.4, 0.5) is 0 Å². The molecule has 0 amide bonds. The van der Waals surface area contributed by atoms with E-state index in [9.17, 15) is 0 Å². The molecule has 0 saturated heterocycles. The minimum Gasteiger partial charge on any atom is -0.497 e. The van der Waals surface area contributed by atoms with E-state index >= 15 is 0 Å². The maximum Gasteiger partial charge on any atom is 0.136 e. The largest absolute Gasteiger partial charge is 0.497 e. The highest BCUT2D eigenvalue weighted by molar-refractivity contribution is 6.30. The average Bonchev–Trinajstić information content (AvgIpc) is 2.46. The zero-order valence-corrected chi connectivity index (χ0v) is 11.4. The van der Waals surface area contributed by atoms with Gasteiger partial charge >= 0.3 is 0 Å².